The summed E-state index contributed by atoms with van der Waals surface area (Å²) in [6, 6.07) is 7.32. The lowest BCUT2D eigenvalue weighted by molar-refractivity contribution is 0.0652. The van der Waals surface area contributed by atoms with E-state index in [4.69, 9.17) is 0 Å². The van der Waals surface area contributed by atoms with Gasteiger partial charge in [-0.15, -0.1) is 0 Å². The van der Waals surface area contributed by atoms with Gasteiger partial charge in [0, 0.05) is 13.1 Å². The Labute approximate surface area is 135 Å². The van der Waals surface area contributed by atoms with Crippen LogP contribution in [0.5, 0.6) is 0 Å². The Morgan fingerprint density at radius 2 is 1.91 bits per heavy atom. The lowest BCUT2D eigenvalue weighted by Gasteiger charge is -2.38. The third kappa shape index (κ3) is 3.19. The number of nitrogens with zero attached hydrogens (tertiary/aromatic N) is 3. The fourth-order valence-electron chi connectivity index (χ4n) is 2.65. The average Bonchev–Trinajstić information content (AvgIpc) is 2.43. The quantitative estimate of drug-likeness (QED) is 0.847. The summed E-state index contributed by atoms with van der Waals surface area (Å²) in [5.74, 6) is -0.00879. The van der Waals surface area contributed by atoms with Gasteiger partial charge < -0.3 is 4.90 Å². The highest BCUT2D eigenvalue weighted by molar-refractivity contribution is 7.92. The van der Waals surface area contributed by atoms with Crippen LogP contribution in [-0.4, -0.2) is 53.3 Å². The van der Waals surface area contributed by atoms with Crippen LogP contribution in [0.1, 0.15) is 24.3 Å². The van der Waals surface area contributed by atoms with E-state index in [1.54, 1.807) is 6.07 Å². The van der Waals surface area contributed by atoms with E-state index in [2.05, 4.69) is 9.97 Å². The summed E-state index contributed by atoms with van der Waals surface area (Å²) in [7, 11) is -3.14. The molecule has 0 bridgehead atoms. The van der Waals surface area contributed by atoms with Crippen LogP contribution in [0.4, 0.5) is 0 Å². The van der Waals surface area contributed by atoms with E-state index in [1.165, 1.54) is 11.1 Å². The molecule has 7 heteroatoms. The lowest BCUT2D eigenvalue weighted by Crippen LogP contribution is -2.57. The first-order chi connectivity index (χ1) is 10.9. The molecule has 1 amide bonds. The van der Waals surface area contributed by atoms with E-state index < -0.39 is 15.1 Å². The molecule has 0 saturated carbocycles. The lowest BCUT2D eigenvalue weighted by atomic mass is 10.2. The van der Waals surface area contributed by atoms with E-state index >= 15 is 0 Å². The van der Waals surface area contributed by atoms with Crippen molar-refractivity contribution in [3.05, 3.63) is 36.2 Å². The van der Waals surface area contributed by atoms with Gasteiger partial charge in [-0.05, 0) is 18.1 Å². The van der Waals surface area contributed by atoms with Crippen LogP contribution >= 0.6 is 0 Å². The van der Waals surface area contributed by atoms with E-state index in [9.17, 15) is 13.2 Å². The first-order valence-electron chi connectivity index (χ1n) is 7.59. The fraction of sp³-hybridized carbons (Fsp3) is 0.438. The number of hydrogen-bond donors (Lipinski definition) is 0. The van der Waals surface area contributed by atoms with Crippen molar-refractivity contribution in [2.45, 2.75) is 19.1 Å². The number of hydrogen-bond acceptors (Lipinski definition) is 5. The number of fused-ring (bicyclic) bond motifs is 1. The van der Waals surface area contributed by atoms with Crippen LogP contribution in [0.15, 0.2) is 30.5 Å². The number of carbonyl (C=O) groups is 1. The molecular formula is C16H19N3O3S. The maximum atomic E-state index is 12.4. The van der Waals surface area contributed by atoms with E-state index in [0.29, 0.717) is 5.52 Å². The summed E-state index contributed by atoms with van der Waals surface area (Å²) in [6.07, 6.45) is 1.45. The molecule has 1 aromatic carbocycles. The maximum Gasteiger partial charge on any atom is 0.274 e. The molecule has 1 saturated heterocycles. The van der Waals surface area contributed by atoms with Gasteiger partial charge in [-0.25, -0.2) is 13.4 Å². The summed E-state index contributed by atoms with van der Waals surface area (Å²) < 4.78 is 24.3. The van der Waals surface area contributed by atoms with Gasteiger partial charge in [0.25, 0.3) is 5.91 Å². The van der Waals surface area contributed by atoms with E-state index in [1.807, 2.05) is 32.0 Å². The van der Waals surface area contributed by atoms with Gasteiger partial charge >= 0.3 is 0 Å². The highest BCUT2D eigenvalue weighted by atomic mass is 32.2. The molecule has 0 N–H and O–H groups in total. The smallest absolute Gasteiger partial charge is 0.274 e. The Bertz CT molecular complexity index is 843. The monoisotopic (exact) mass is 333 g/mol. The molecule has 122 valence electrons. The Balaban J connectivity index is 1.70. The first kappa shape index (κ1) is 15.9. The molecule has 1 aliphatic rings. The van der Waals surface area contributed by atoms with Crippen molar-refractivity contribution in [1.82, 2.24) is 14.9 Å². The number of carbonyl (C=O) groups excluding carboxylic acids is 1. The SMILES string of the molecule is CC(C)CS(=O)(=O)C1CN(C(=O)c2cnc3ccccc3n2)C1. The number of rotatable bonds is 4. The predicted octanol–water partition coefficient (Wildman–Crippen LogP) is 1.52. The van der Waals surface area contributed by atoms with Crippen LogP contribution in [0.25, 0.3) is 11.0 Å². The number of likely N-dealkylation sites (tertiary alicyclic amines) is 1. The number of sulfone groups is 1. The fourth-order valence-corrected chi connectivity index (χ4v) is 4.67. The van der Waals surface area contributed by atoms with Gasteiger partial charge in [-0.1, -0.05) is 26.0 Å². The van der Waals surface area contributed by atoms with Crippen molar-refractivity contribution >= 4 is 26.8 Å². The van der Waals surface area contributed by atoms with Crippen molar-refractivity contribution in [1.29, 1.82) is 0 Å². The average molecular weight is 333 g/mol. The molecule has 0 atom stereocenters. The second-order valence-corrected chi connectivity index (χ2v) is 8.63. The van der Waals surface area contributed by atoms with Crippen LogP contribution in [0.2, 0.25) is 0 Å². The van der Waals surface area contributed by atoms with Crippen molar-refractivity contribution in [2.75, 3.05) is 18.8 Å². The molecule has 2 heterocycles. The minimum absolute atomic E-state index is 0.0936. The molecule has 0 radical (unpaired) electrons. The van der Waals surface area contributed by atoms with Crippen molar-refractivity contribution in [3.8, 4) is 0 Å². The molecule has 2 aromatic rings. The highest BCUT2D eigenvalue weighted by Gasteiger charge is 2.40. The normalized spacial score (nSPS) is 15.9. The largest absolute Gasteiger partial charge is 0.335 e. The van der Waals surface area contributed by atoms with E-state index in [0.717, 1.165) is 5.52 Å². The van der Waals surface area contributed by atoms with Gasteiger partial charge in [0.05, 0.1) is 28.2 Å². The molecule has 0 spiro atoms. The molecule has 1 fully saturated rings. The summed E-state index contributed by atoms with van der Waals surface area (Å²) in [6.45, 7) is 4.23. The minimum Gasteiger partial charge on any atom is -0.335 e. The third-order valence-corrected chi connectivity index (χ3v) is 6.32. The van der Waals surface area contributed by atoms with Crippen LogP contribution in [-0.2, 0) is 9.84 Å². The van der Waals surface area contributed by atoms with Gasteiger partial charge in [0.15, 0.2) is 9.84 Å². The predicted molar refractivity (Wildman–Crippen MR) is 87.9 cm³/mol. The van der Waals surface area contributed by atoms with Gasteiger partial charge in [-0.2, -0.15) is 0 Å². The van der Waals surface area contributed by atoms with Crippen LogP contribution < -0.4 is 0 Å². The molecule has 0 aliphatic carbocycles. The van der Waals surface area contributed by atoms with Crippen molar-refractivity contribution < 1.29 is 13.2 Å². The van der Waals surface area contributed by atoms with Crippen LogP contribution in [0.3, 0.4) is 0 Å². The molecule has 3 rings (SSSR count). The Morgan fingerprint density at radius 3 is 2.57 bits per heavy atom. The number of benzene rings is 1. The number of aromatic nitrogens is 2. The molecular weight excluding hydrogens is 314 g/mol. The van der Waals surface area contributed by atoms with Gasteiger partial charge in [0.1, 0.15) is 5.69 Å². The van der Waals surface area contributed by atoms with E-state index in [-0.39, 0.29) is 36.4 Å². The Kier molecular flexibility index (Phi) is 4.06. The number of para-hydroxylation sites is 2. The summed E-state index contributed by atoms with van der Waals surface area (Å²) in [5, 5.41) is -0.456. The highest BCUT2D eigenvalue weighted by Crippen LogP contribution is 2.21. The molecule has 1 aliphatic heterocycles. The molecule has 0 unspecified atom stereocenters. The molecule has 23 heavy (non-hydrogen) atoms. The minimum atomic E-state index is -3.14. The third-order valence-electron chi connectivity index (χ3n) is 3.88. The maximum absolute atomic E-state index is 12.4. The summed E-state index contributed by atoms with van der Waals surface area (Å²) in [5.41, 5.74) is 1.64. The standard InChI is InChI=1S/C16H19N3O3S/c1-11(2)10-23(21,22)12-8-19(9-12)16(20)15-7-17-13-5-3-4-6-14(13)18-15/h3-7,11-12H,8-10H2,1-2H3. The zero-order chi connectivity index (χ0) is 16.6. The zero-order valence-corrected chi connectivity index (χ0v) is 14.0. The topological polar surface area (TPSA) is 80.2 Å². The molecule has 1 aromatic heterocycles. The second kappa shape index (κ2) is 5.88. The Hall–Kier alpha value is -2.02. The van der Waals surface area contributed by atoms with Gasteiger partial charge in [0.2, 0.25) is 0 Å². The van der Waals surface area contributed by atoms with Crippen molar-refractivity contribution in [2.24, 2.45) is 5.92 Å². The van der Waals surface area contributed by atoms with Crippen molar-refractivity contribution in [3.63, 3.8) is 0 Å². The first-order valence-corrected chi connectivity index (χ1v) is 9.31. The van der Waals surface area contributed by atoms with Gasteiger partial charge in [-0.3, -0.25) is 9.78 Å². The zero-order valence-electron chi connectivity index (χ0n) is 13.1. The second-order valence-electron chi connectivity index (χ2n) is 6.30. The number of amides is 1. The molecule has 6 nitrogen and oxygen atoms in total. The summed E-state index contributed by atoms with van der Waals surface area (Å²) in [4.78, 5) is 22.4. The van der Waals surface area contributed by atoms with Crippen LogP contribution in [0, 0.1) is 5.92 Å². The summed E-state index contributed by atoms with van der Waals surface area (Å²) >= 11 is 0. The Morgan fingerprint density at radius 1 is 1.26 bits per heavy atom.